The molecule has 1 aliphatic rings. The Morgan fingerprint density at radius 2 is 2.33 bits per heavy atom. The molecule has 68 valence electrons. The van der Waals surface area contributed by atoms with Gasteiger partial charge in [-0.05, 0) is 32.7 Å². The van der Waals surface area contributed by atoms with Crippen LogP contribution in [0.15, 0.2) is 24.8 Å². The van der Waals surface area contributed by atoms with E-state index in [0.29, 0.717) is 0 Å². The summed E-state index contributed by atoms with van der Waals surface area (Å²) in [7, 11) is 0. The summed E-state index contributed by atoms with van der Waals surface area (Å²) in [6.07, 6.45) is 11.4. The molecular formula is C11H19N. The van der Waals surface area contributed by atoms with Crippen LogP contribution in [0.4, 0.5) is 0 Å². The van der Waals surface area contributed by atoms with Crippen LogP contribution < -0.4 is 5.32 Å². The van der Waals surface area contributed by atoms with E-state index in [1.54, 1.807) is 0 Å². The summed E-state index contributed by atoms with van der Waals surface area (Å²) in [5.74, 6) is 0. The maximum atomic E-state index is 3.81. The van der Waals surface area contributed by atoms with Gasteiger partial charge in [-0.2, -0.15) is 0 Å². The summed E-state index contributed by atoms with van der Waals surface area (Å²) in [5, 5.41) is 3.58. The number of hydrogen-bond donors (Lipinski definition) is 1. The first-order chi connectivity index (χ1) is 5.83. The Hall–Kier alpha value is -0.560. The van der Waals surface area contributed by atoms with Gasteiger partial charge in [0.05, 0.1) is 0 Å². The van der Waals surface area contributed by atoms with Crippen LogP contribution in [0, 0.1) is 0 Å². The summed E-state index contributed by atoms with van der Waals surface area (Å²) in [5.41, 5.74) is 0.231. The number of rotatable bonds is 3. The van der Waals surface area contributed by atoms with Gasteiger partial charge in [-0.25, -0.2) is 0 Å². The molecule has 1 heteroatoms. The van der Waals surface area contributed by atoms with Crippen molar-refractivity contribution in [3.63, 3.8) is 0 Å². The molecule has 1 aliphatic heterocycles. The van der Waals surface area contributed by atoms with E-state index in [0.717, 1.165) is 13.0 Å². The molecule has 1 atom stereocenters. The fourth-order valence-electron chi connectivity index (χ4n) is 1.95. The number of allylic oxidation sites excluding steroid dienone is 1. The molecule has 0 bridgehead atoms. The molecule has 1 nitrogen and oxygen atoms in total. The monoisotopic (exact) mass is 165 g/mol. The maximum absolute atomic E-state index is 3.81. The van der Waals surface area contributed by atoms with E-state index in [4.69, 9.17) is 0 Å². The van der Waals surface area contributed by atoms with Crippen LogP contribution in [0.25, 0.3) is 0 Å². The van der Waals surface area contributed by atoms with Crippen molar-refractivity contribution in [1.29, 1.82) is 0 Å². The molecule has 1 heterocycles. The lowest BCUT2D eigenvalue weighted by atomic mass is 9.85. The van der Waals surface area contributed by atoms with Crippen LogP contribution in [0.2, 0.25) is 0 Å². The molecule has 1 rings (SSSR count). The quantitative estimate of drug-likeness (QED) is 0.634. The molecule has 1 unspecified atom stereocenters. The Labute approximate surface area is 75.6 Å². The average Bonchev–Trinajstić information content (AvgIpc) is 2.07. The minimum atomic E-state index is 0.231. The van der Waals surface area contributed by atoms with Gasteiger partial charge in [-0.1, -0.05) is 24.6 Å². The first-order valence-corrected chi connectivity index (χ1v) is 4.83. The van der Waals surface area contributed by atoms with Crippen molar-refractivity contribution in [1.82, 2.24) is 5.32 Å². The average molecular weight is 165 g/mol. The smallest absolute Gasteiger partial charge is 0.0398 e. The second kappa shape index (κ2) is 4.46. The predicted octanol–water partition coefficient (Wildman–Crippen LogP) is 2.65. The molecule has 0 amide bonds. The van der Waals surface area contributed by atoms with Gasteiger partial charge in [0.25, 0.3) is 0 Å². The van der Waals surface area contributed by atoms with E-state index in [1.165, 1.54) is 19.3 Å². The van der Waals surface area contributed by atoms with Crippen LogP contribution in [-0.2, 0) is 0 Å². The zero-order valence-electron chi connectivity index (χ0n) is 7.97. The Bertz CT molecular complexity index is 164. The summed E-state index contributed by atoms with van der Waals surface area (Å²) < 4.78 is 0. The van der Waals surface area contributed by atoms with Gasteiger partial charge in [-0.3, -0.25) is 0 Å². The first kappa shape index (κ1) is 9.53. The second-order valence-electron chi connectivity index (χ2n) is 3.53. The van der Waals surface area contributed by atoms with Gasteiger partial charge in [0.1, 0.15) is 0 Å². The van der Waals surface area contributed by atoms with Crippen molar-refractivity contribution in [2.75, 3.05) is 6.54 Å². The Balaban J connectivity index is 2.62. The molecule has 12 heavy (non-hydrogen) atoms. The first-order valence-electron chi connectivity index (χ1n) is 4.83. The Morgan fingerprint density at radius 1 is 1.50 bits per heavy atom. The molecule has 0 aliphatic carbocycles. The van der Waals surface area contributed by atoms with E-state index >= 15 is 0 Å². The molecule has 1 fully saturated rings. The van der Waals surface area contributed by atoms with Gasteiger partial charge in [-0.15, -0.1) is 6.58 Å². The third-order valence-electron chi connectivity index (χ3n) is 2.52. The van der Waals surface area contributed by atoms with E-state index < -0.39 is 0 Å². The number of piperidine rings is 1. The normalized spacial score (nSPS) is 30.8. The highest BCUT2D eigenvalue weighted by Gasteiger charge is 2.26. The van der Waals surface area contributed by atoms with Crippen molar-refractivity contribution in [2.45, 2.75) is 38.1 Å². The van der Waals surface area contributed by atoms with Crippen molar-refractivity contribution >= 4 is 0 Å². The standard InChI is InChI=1S/C11H19N/c1-3-7-11(8-4-2)9-5-6-10-12-11/h3-4,8,12H,1,5-7,9-10H2,2H3/b8-4+. The summed E-state index contributed by atoms with van der Waals surface area (Å²) in [6.45, 7) is 7.04. The van der Waals surface area contributed by atoms with E-state index in [9.17, 15) is 0 Å². The molecule has 0 saturated carbocycles. The van der Waals surface area contributed by atoms with Crippen molar-refractivity contribution in [3.8, 4) is 0 Å². The molecule has 0 spiro atoms. The largest absolute Gasteiger partial charge is 0.308 e. The fraction of sp³-hybridized carbons (Fsp3) is 0.636. The number of nitrogens with one attached hydrogen (secondary N) is 1. The summed E-state index contributed by atoms with van der Waals surface area (Å²) in [4.78, 5) is 0. The molecule has 0 aromatic carbocycles. The predicted molar refractivity (Wildman–Crippen MR) is 54.2 cm³/mol. The summed E-state index contributed by atoms with van der Waals surface area (Å²) >= 11 is 0. The topological polar surface area (TPSA) is 12.0 Å². The van der Waals surface area contributed by atoms with Gasteiger partial charge >= 0.3 is 0 Å². The van der Waals surface area contributed by atoms with Crippen LogP contribution in [0.3, 0.4) is 0 Å². The number of hydrogen-bond acceptors (Lipinski definition) is 1. The van der Waals surface area contributed by atoms with E-state index in [2.05, 4.69) is 31.0 Å². The zero-order chi connectivity index (χ0) is 8.86. The molecule has 0 aromatic heterocycles. The van der Waals surface area contributed by atoms with Crippen molar-refractivity contribution in [2.24, 2.45) is 0 Å². The molecule has 1 N–H and O–H groups in total. The second-order valence-corrected chi connectivity index (χ2v) is 3.53. The van der Waals surface area contributed by atoms with E-state index in [-0.39, 0.29) is 5.54 Å². The lowest BCUT2D eigenvalue weighted by molar-refractivity contribution is 0.317. The fourth-order valence-corrected chi connectivity index (χ4v) is 1.95. The zero-order valence-corrected chi connectivity index (χ0v) is 7.97. The SMILES string of the molecule is C=CCC1(/C=C/C)CCCCN1. The Kier molecular flexibility index (Phi) is 3.54. The highest BCUT2D eigenvalue weighted by atomic mass is 15.0. The molecule has 0 aromatic rings. The van der Waals surface area contributed by atoms with Crippen LogP contribution >= 0.6 is 0 Å². The van der Waals surface area contributed by atoms with Gasteiger partial charge in [0, 0.05) is 5.54 Å². The summed E-state index contributed by atoms with van der Waals surface area (Å²) in [6, 6.07) is 0. The lowest BCUT2D eigenvalue weighted by Gasteiger charge is -2.35. The molecule has 0 radical (unpaired) electrons. The third kappa shape index (κ3) is 2.21. The van der Waals surface area contributed by atoms with Crippen LogP contribution in [-0.4, -0.2) is 12.1 Å². The van der Waals surface area contributed by atoms with Crippen LogP contribution in [0.1, 0.15) is 32.6 Å². The van der Waals surface area contributed by atoms with Crippen molar-refractivity contribution < 1.29 is 0 Å². The highest BCUT2D eigenvalue weighted by molar-refractivity contribution is 5.09. The minimum Gasteiger partial charge on any atom is -0.308 e. The van der Waals surface area contributed by atoms with Gasteiger partial charge in [0.2, 0.25) is 0 Å². The van der Waals surface area contributed by atoms with Gasteiger partial charge < -0.3 is 5.32 Å². The van der Waals surface area contributed by atoms with Crippen molar-refractivity contribution in [3.05, 3.63) is 24.8 Å². The Morgan fingerprint density at radius 3 is 2.83 bits per heavy atom. The van der Waals surface area contributed by atoms with Gasteiger partial charge in [0.15, 0.2) is 0 Å². The van der Waals surface area contributed by atoms with Crippen LogP contribution in [0.5, 0.6) is 0 Å². The third-order valence-corrected chi connectivity index (χ3v) is 2.52. The molecular weight excluding hydrogens is 146 g/mol. The minimum absolute atomic E-state index is 0.231. The maximum Gasteiger partial charge on any atom is 0.0398 e. The molecule has 1 saturated heterocycles. The van der Waals surface area contributed by atoms with E-state index in [1.807, 2.05) is 6.08 Å². The lowest BCUT2D eigenvalue weighted by Crippen LogP contribution is -2.46. The highest BCUT2D eigenvalue weighted by Crippen LogP contribution is 2.24.